The predicted molar refractivity (Wildman–Crippen MR) is 74.4 cm³/mol. The van der Waals surface area contributed by atoms with Gasteiger partial charge in [0.25, 0.3) is 0 Å². The Morgan fingerprint density at radius 1 is 1.39 bits per heavy atom. The lowest BCUT2D eigenvalue weighted by Crippen LogP contribution is -2.20. The van der Waals surface area contributed by atoms with Gasteiger partial charge in [0.2, 0.25) is 0 Å². The summed E-state index contributed by atoms with van der Waals surface area (Å²) in [6, 6.07) is 9.09. The van der Waals surface area contributed by atoms with Crippen molar-refractivity contribution in [3.05, 3.63) is 54.1 Å². The van der Waals surface area contributed by atoms with E-state index in [0.29, 0.717) is 6.04 Å². The molecular formula is C15H21N3. The van der Waals surface area contributed by atoms with Gasteiger partial charge in [-0.15, -0.1) is 0 Å². The largest absolute Gasteiger partial charge is 0.337 e. The fourth-order valence-corrected chi connectivity index (χ4v) is 2.06. The zero-order chi connectivity index (χ0) is 12.8. The lowest BCUT2D eigenvalue weighted by molar-refractivity contribution is 0.526. The second-order valence-electron chi connectivity index (χ2n) is 4.74. The van der Waals surface area contributed by atoms with Gasteiger partial charge in [-0.2, -0.15) is 0 Å². The van der Waals surface area contributed by atoms with E-state index in [1.54, 1.807) is 0 Å². The first-order valence-electron chi connectivity index (χ1n) is 6.51. The summed E-state index contributed by atoms with van der Waals surface area (Å²) in [5.41, 5.74) is 2.68. The maximum Gasteiger partial charge on any atom is 0.0945 e. The smallest absolute Gasteiger partial charge is 0.0945 e. The average Bonchev–Trinajstić information content (AvgIpc) is 2.87. The summed E-state index contributed by atoms with van der Waals surface area (Å²) in [7, 11) is 0. The zero-order valence-corrected chi connectivity index (χ0v) is 11.1. The molecule has 0 unspecified atom stereocenters. The van der Waals surface area contributed by atoms with Gasteiger partial charge in [0.15, 0.2) is 0 Å². The maximum atomic E-state index is 4.04. The predicted octanol–water partition coefficient (Wildman–Crippen LogP) is 2.93. The number of nitrogens with zero attached hydrogens (tertiary/aromatic N) is 2. The first-order valence-corrected chi connectivity index (χ1v) is 6.51. The van der Waals surface area contributed by atoms with E-state index < -0.39 is 0 Å². The Hall–Kier alpha value is -1.61. The molecule has 0 aliphatic carbocycles. The van der Waals surface area contributed by atoms with Crippen molar-refractivity contribution in [2.75, 3.05) is 6.54 Å². The number of imidazole rings is 1. The molecule has 0 saturated heterocycles. The molecule has 1 heterocycles. The quantitative estimate of drug-likeness (QED) is 0.791. The van der Waals surface area contributed by atoms with Crippen LogP contribution in [-0.4, -0.2) is 16.1 Å². The number of hydrogen-bond acceptors (Lipinski definition) is 2. The number of hydrogen-bond donors (Lipinski definition) is 1. The number of aryl methyl sites for hydroxylation is 2. The summed E-state index contributed by atoms with van der Waals surface area (Å²) >= 11 is 0. The van der Waals surface area contributed by atoms with Crippen LogP contribution in [0.3, 0.4) is 0 Å². The zero-order valence-electron chi connectivity index (χ0n) is 11.1. The van der Waals surface area contributed by atoms with Crippen LogP contribution in [0.1, 0.15) is 30.5 Å². The first kappa shape index (κ1) is 12.8. The van der Waals surface area contributed by atoms with Crippen LogP contribution in [0.25, 0.3) is 0 Å². The van der Waals surface area contributed by atoms with Crippen LogP contribution >= 0.6 is 0 Å². The molecule has 0 bridgehead atoms. The molecule has 0 radical (unpaired) electrons. The van der Waals surface area contributed by atoms with Gasteiger partial charge in [-0.3, -0.25) is 0 Å². The molecule has 0 aliphatic heterocycles. The fraction of sp³-hybridized carbons (Fsp3) is 0.400. The third kappa shape index (κ3) is 3.70. The SMILES string of the molecule is Cc1cccc([C@@H](C)NCCCn2ccnc2)c1. The summed E-state index contributed by atoms with van der Waals surface area (Å²) in [5, 5.41) is 3.55. The van der Waals surface area contributed by atoms with Crippen molar-refractivity contribution in [1.82, 2.24) is 14.9 Å². The van der Waals surface area contributed by atoms with Gasteiger partial charge in [0.1, 0.15) is 0 Å². The molecule has 3 nitrogen and oxygen atoms in total. The monoisotopic (exact) mass is 243 g/mol. The highest BCUT2D eigenvalue weighted by molar-refractivity contribution is 5.24. The van der Waals surface area contributed by atoms with E-state index in [-0.39, 0.29) is 0 Å². The third-order valence-corrected chi connectivity index (χ3v) is 3.14. The molecule has 2 rings (SSSR count). The molecule has 0 saturated carbocycles. The summed E-state index contributed by atoms with van der Waals surface area (Å²) in [4.78, 5) is 4.04. The van der Waals surface area contributed by atoms with E-state index in [0.717, 1.165) is 19.5 Å². The molecule has 96 valence electrons. The molecule has 0 fully saturated rings. The molecule has 18 heavy (non-hydrogen) atoms. The van der Waals surface area contributed by atoms with Crippen molar-refractivity contribution >= 4 is 0 Å². The van der Waals surface area contributed by atoms with E-state index in [1.807, 2.05) is 18.7 Å². The van der Waals surface area contributed by atoms with Gasteiger partial charge in [-0.25, -0.2) is 4.98 Å². The molecular weight excluding hydrogens is 222 g/mol. The van der Waals surface area contributed by atoms with Crippen LogP contribution in [0.5, 0.6) is 0 Å². The van der Waals surface area contributed by atoms with E-state index in [9.17, 15) is 0 Å². The minimum Gasteiger partial charge on any atom is -0.337 e. The number of benzene rings is 1. The minimum atomic E-state index is 0.410. The minimum absolute atomic E-state index is 0.410. The van der Waals surface area contributed by atoms with Crippen LogP contribution in [0.2, 0.25) is 0 Å². The van der Waals surface area contributed by atoms with Crippen LogP contribution in [0, 0.1) is 6.92 Å². The summed E-state index contributed by atoms with van der Waals surface area (Å²) in [5.74, 6) is 0. The third-order valence-electron chi connectivity index (χ3n) is 3.14. The van der Waals surface area contributed by atoms with Crippen LogP contribution in [0.15, 0.2) is 43.0 Å². The number of aromatic nitrogens is 2. The van der Waals surface area contributed by atoms with Crippen molar-refractivity contribution < 1.29 is 0 Å². The lowest BCUT2D eigenvalue weighted by Gasteiger charge is -2.14. The molecule has 0 aliphatic rings. The van der Waals surface area contributed by atoms with Crippen molar-refractivity contribution in [2.24, 2.45) is 0 Å². The molecule has 1 N–H and O–H groups in total. The van der Waals surface area contributed by atoms with Gasteiger partial charge in [-0.1, -0.05) is 29.8 Å². The molecule has 2 aromatic rings. The van der Waals surface area contributed by atoms with Gasteiger partial charge in [-0.05, 0) is 32.4 Å². The Bertz CT molecular complexity index is 462. The van der Waals surface area contributed by atoms with Crippen molar-refractivity contribution in [1.29, 1.82) is 0 Å². The fourth-order valence-electron chi connectivity index (χ4n) is 2.06. The first-order chi connectivity index (χ1) is 8.75. The van der Waals surface area contributed by atoms with E-state index in [2.05, 4.69) is 53.0 Å². The van der Waals surface area contributed by atoms with Crippen LogP contribution in [0.4, 0.5) is 0 Å². The number of nitrogens with one attached hydrogen (secondary N) is 1. The van der Waals surface area contributed by atoms with Gasteiger partial charge in [0.05, 0.1) is 6.33 Å². The van der Waals surface area contributed by atoms with Crippen molar-refractivity contribution in [2.45, 2.75) is 32.9 Å². The highest BCUT2D eigenvalue weighted by Crippen LogP contribution is 2.13. The second-order valence-corrected chi connectivity index (χ2v) is 4.74. The summed E-state index contributed by atoms with van der Waals surface area (Å²) < 4.78 is 2.11. The second kappa shape index (κ2) is 6.36. The Morgan fingerprint density at radius 3 is 3.00 bits per heavy atom. The summed E-state index contributed by atoms with van der Waals surface area (Å²) in [6.45, 7) is 6.39. The normalized spacial score (nSPS) is 12.6. The molecule has 1 aromatic carbocycles. The van der Waals surface area contributed by atoms with Crippen LogP contribution in [-0.2, 0) is 6.54 Å². The highest BCUT2D eigenvalue weighted by atomic mass is 15.0. The Labute approximate surface area is 109 Å². The van der Waals surface area contributed by atoms with E-state index >= 15 is 0 Å². The van der Waals surface area contributed by atoms with Crippen molar-refractivity contribution in [3.63, 3.8) is 0 Å². The number of rotatable bonds is 6. The molecule has 3 heteroatoms. The van der Waals surface area contributed by atoms with Crippen molar-refractivity contribution in [3.8, 4) is 0 Å². The lowest BCUT2D eigenvalue weighted by atomic mass is 10.1. The molecule has 1 atom stereocenters. The van der Waals surface area contributed by atoms with Gasteiger partial charge < -0.3 is 9.88 Å². The molecule has 1 aromatic heterocycles. The maximum absolute atomic E-state index is 4.04. The Balaban J connectivity index is 1.73. The molecule has 0 spiro atoms. The van der Waals surface area contributed by atoms with E-state index in [4.69, 9.17) is 0 Å². The van der Waals surface area contributed by atoms with Gasteiger partial charge >= 0.3 is 0 Å². The van der Waals surface area contributed by atoms with Gasteiger partial charge in [0, 0.05) is 25.0 Å². The average molecular weight is 243 g/mol. The standard InChI is InChI=1S/C15H21N3/c1-13-5-3-6-15(11-13)14(2)17-7-4-9-18-10-8-16-12-18/h3,5-6,8,10-12,14,17H,4,7,9H2,1-2H3/t14-/m1/s1. The highest BCUT2D eigenvalue weighted by Gasteiger charge is 2.03. The summed E-state index contributed by atoms with van der Waals surface area (Å²) in [6.07, 6.45) is 6.81. The topological polar surface area (TPSA) is 29.9 Å². The molecule has 0 amide bonds. The van der Waals surface area contributed by atoms with Crippen LogP contribution < -0.4 is 5.32 Å². The van der Waals surface area contributed by atoms with E-state index in [1.165, 1.54) is 11.1 Å². The Kier molecular flexibility index (Phi) is 4.53. The Morgan fingerprint density at radius 2 is 2.28 bits per heavy atom.